The van der Waals surface area contributed by atoms with Gasteiger partial charge in [0.2, 0.25) is 0 Å². The second-order valence-electron chi connectivity index (χ2n) is 5.75. The fourth-order valence-corrected chi connectivity index (χ4v) is 3.58. The first-order valence-corrected chi connectivity index (χ1v) is 8.49. The molecule has 0 spiro atoms. The zero-order valence-corrected chi connectivity index (χ0v) is 14.8. The van der Waals surface area contributed by atoms with Gasteiger partial charge in [-0.15, -0.1) is 0 Å². The van der Waals surface area contributed by atoms with Gasteiger partial charge in [0.15, 0.2) is 6.29 Å². The largest absolute Gasteiger partial charge is 0.298 e. The van der Waals surface area contributed by atoms with Crippen LogP contribution in [0.2, 0.25) is 10.0 Å². The van der Waals surface area contributed by atoms with Crippen molar-refractivity contribution in [3.63, 3.8) is 0 Å². The number of nitrogens with zero attached hydrogens (tertiary/aromatic N) is 3. The summed E-state index contributed by atoms with van der Waals surface area (Å²) in [6, 6.07) is 13.2. The summed E-state index contributed by atoms with van der Waals surface area (Å²) in [6.07, 6.45) is 0.768. The van der Waals surface area contributed by atoms with Crippen LogP contribution in [0.5, 0.6) is 0 Å². The van der Waals surface area contributed by atoms with Crippen LogP contribution in [0.25, 0.3) is 5.69 Å². The number of hydrogen-bond acceptors (Lipinski definition) is 3. The number of aryl methyl sites for hydroxylation is 1. The van der Waals surface area contributed by atoms with Gasteiger partial charge in [0.05, 0.1) is 23.6 Å². The third-order valence-corrected chi connectivity index (χ3v) is 4.82. The SMILES string of the molecule is Cc1nc(C=O)c2n1-c1ccc(Cl)cc1C(c1ccccc1Cl)=NC2. The number of imidazole rings is 1. The molecule has 1 aromatic heterocycles. The van der Waals surface area contributed by atoms with E-state index < -0.39 is 0 Å². The molecule has 1 aliphatic heterocycles. The molecule has 6 heteroatoms. The Labute approximate surface area is 154 Å². The molecular formula is C19H13Cl2N3O. The number of carbonyl (C=O) groups is 1. The van der Waals surface area contributed by atoms with Crippen molar-refractivity contribution in [1.82, 2.24) is 9.55 Å². The van der Waals surface area contributed by atoms with Crippen molar-refractivity contribution in [2.24, 2.45) is 4.99 Å². The maximum atomic E-state index is 11.4. The Hall–Kier alpha value is -2.43. The van der Waals surface area contributed by atoms with Crippen LogP contribution in [0.3, 0.4) is 0 Å². The lowest BCUT2D eigenvalue weighted by Gasteiger charge is -2.14. The molecule has 0 atom stereocenters. The summed E-state index contributed by atoms with van der Waals surface area (Å²) in [5, 5.41) is 1.22. The number of rotatable bonds is 2. The Kier molecular flexibility index (Phi) is 3.94. The molecule has 0 N–H and O–H groups in total. The van der Waals surface area contributed by atoms with Crippen LogP contribution in [0.15, 0.2) is 47.5 Å². The minimum Gasteiger partial charge on any atom is -0.298 e. The van der Waals surface area contributed by atoms with E-state index in [9.17, 15) is 4.79 Å². The van der Waals surface area contributed by atoms with Crippen LogP contribution in [0.4, 0.5) is 0 Å². The normalized spacial score (nSPS) is 12.8. The predicted octanol–water partition coefficient (Wildman–Crippen LogP) is 4.65. The lowest BCUT2D eigenvalue weighted by molar-refractivity contribution is 0.111. The van der Waals surface area contributed by atoms with Crippen molar-refractivity contribution in [1.29, 1.82) is 0 Å². The number of benzene rings is 2. The molecule has 1 aliphatic rings. The summed E-state index contributed by atoms with van der Waals surface area (Å²) in [7, 11) is 0. The van der Waals surface area contributed by atoms with Gasteiger partial charge < -0.3 is 0 Å². The van der Waals surface area contributed by atoms with Crippen LogP contribution in [-0.4, -0.2) is 21.5 Å². The standard InChI is InChI=1S/C19H13Cl2N3O/c1-11-23-16(10-25)18-9-22-19(13-4-2-3-5-15(13)21)14-8-12(20)6-7-17(14)24(11)18/h2-8,10H,9H2,1H3. The number of aliphatic imine (C=N–C) groups is 1. The van der Waals surface area contributed by atoms with Crippen molar-refractivity contribution in [3.8, 4) is 5.69 Å². The van der Waals surface area contributed by atoms with Crippen LogP contribution in [-0.2, 0) is 6.54 Å². The predicted molar refractivity (Wildman–Crippen MR) is 99.5 cm³/mol. The van der Waals surface area contributed by atoms with E-state index in [0.717, 1.165) is 40.3 Å². The Bertz CT molecular complexity index is 1040. The van der Waals surface area contributed by atoms with Gasteiger partial charge in [-0.05, 0) is 31.2 Å². The molecule has 0 aliphatic carbocycles. The third kappa shape index (κ3) is 2.58. The highest BCUT2D eigenvalue weighted by Gasteiger charge is 2.24. The Morgan fingerprint density at radius 3 is 2.68 bits per heavy atom. The van der Waals surface area contributed by atoms with E-state index in [4.69, 9.17) is 28.2 Å². The summed E-state index contributed by atoms with van der Waals surface area (Å²) >= 11 is 12.7. The number of carbonyl (C=O) groups excluding carboxylic acids is 1. The van der Waals surface area contributed by atoms with Crippen LogP contribution >= 0.6 is 23.2 Å². The zero-order valence-electron chi connectivity index (χ0n) is 13.3. The molecule has 0 unspecified atom stereocenters. The maximum Gasteiger partial charge on any atom is 0.170 e. The first kappa shape index (κ1) is 16.1. The van der Waals surface area contributed by atoms with Gasteiger partial charge in [-0.1, -0.05) is 41.4 Å². The highest BCUT2D eigenvalue weighted by Crippen LogP contribution is 2.31. The van der Waals surface area contributed by atoms with E-state index in [2.05, 4.69) is 4.98 Å². The zero-order chi connectivity index (χ0) is 17.6. The fraction of sp³-hybridized carbons (Fsp3) is 0.105. The summed E-state index contributed by atoms with van der Waals surface area (Å²) in [5.74, 6) is 0.733. The van der Waals surface area contributed by atoms with E-state index in [1.807, 2.05) is 54.0 Å². The molecule has 2 heterocycles. The lowest BCUT2D eigenvalue weighted by atomic mass is 10.0. The van der Waals surface area contributed by atoms with Gasteiger partial charge in [0.25, 0.3) is 0 Å². The van der Waals surface area contributed by atoms with E-state index in [0.29, 0.717) is 22.3 Å². The van der Waals surface area contributed by atoms with Crippen LogP contribution in [0.1, 0.15) is 33.1 Å². The van der Waals surface area contributed by atoms with Crippen LogP contribution < -0.4 is 0 Å². The smallest absolute Gasteiger partial charge is 0.170 e. The molecule has 0 saturated heterocycles. The van der Waals surface area contributed by atoms with Crippen molar-refractivity contribution in [2.45, 2.75) is 13.5 Å². The maximum absolute atomic E-state index is 11.4. The summed E-state index contributed by atoms with van der Waals surface area (Å²) < 4.78 is 1.96. The first-order chi connectivity index (χ1) is 12.1. The number of hydrogen-bond donors (Lipinski definition) is 0. The molecule has 0 radical (unpaired) electrons. The number of halogens is 2. The molecule has 0 bridgehead atoms. The number of aldehydes is 1. The molecule has 4 nitrogen and oxygen atoms in total. The van der Waals surface area contributed by atoms with Crippen LogP contribution in [0, 0.1) is 6.92 Å². The summed E-state index contributed by atoms with van der Waals surface area (Å²) in [5.41, 5.74) is 4.49. The average molecular weight is 370 g/mol. The van der Waals surface area contributed by atoms with Gasteiger partial charge in [0.1, 0.15) is 11.5 Å². The lowest BCUT2D eigenvalue weighted by Crippen LogP contribution is -2.08. The van der Waals surface area contributed by atoms with Crippen molar-refractivity contribution >= 4 is 35.2 Å². The summed E-state index contributed by atoms with van der Waals surface area (Å²) in [6.45, 7) is 2.21. The highest BCUT2D eigenvalue weighted by atomic mass is 35.5. The van der Waals surface area contributed by atoms with Gasteiger partial charge in [-0.2, -0.15) is 0 Å². The number of aromatic nitrogens is 2. The van der Waals surface area contributed by atoms with Crippen molar-refractivity contribution < 1.29 is 4.79 Å². The Balaban J connectivity index is 2.05. The van der Waals surface area contributed by atoms with Gasteiger partial charge in [-0.25, -0.2) is 4.98 Å². The molecule has 0 amide bonds. The highest BCUT2D eigenvalue weighted by molar-refractivity contribution is 6.36. The molecule has 0 fully saturated rings. The molecule has 3 aromatic rings. The molecule has 0 saturated carbocycles. The number of fused-ring (bicyclic) bond motifs is 3. The second kappa shape index (κ2) is 6.14. The molecule has 25 heavy (non-hydrogen) atoms. The Morgan fingerprint density at radius 1 is 1.12 bits per heavy atom. The minimum absolute atomic E-state index is 0.335. The van der Waals surface area contributed by atoms with E-state index in [1.54, 1.807) is 0 Å². The minimum atomic E-state index is 0.335. The monoisotopic (exact) mass is 369 g/mol. The first-order valence-electron chi connectivity index (χ1n) is 7.73. The second-order valence-corrected chi connectivity index (χ2v) is 6.59. The molecular weight excluding hydrogens is 357 g/mol. The summed E-state index contributed by atoms with van der Waals surface area (Å²) in [4.78, 5) is 20.5. The quantitative estimate of drug-likeness (QED) is 0.617. The Morgan fingerprint density at radius 2 is 1.92 bits per heavy atom. The van der Waals surface area contributed by atoms with E-state index in [1.165, 1.54) is 0 Å². The fourth-order valence-electron chi connectivity index (χ4n) is 3.18. The molecule has 124 valence electrons. The molecule has 2 aromatic carbocycles. The van der Waals surface area contributed by atoms with Gasteiger partial charge in [0, 0.05) is 21.2 Å². The van der Waals surface area contributed by atoms with Gasteiger partial charge >= 0.3 is 0 Å². The third-order valence-electron chi connectivity index (χ3n) is 4.25. The van der Waals surface area contributed by atoms with Crippen molar-refractivity contribution in [3.05, 3.63) is 80.8 Å². The average Bonchev–Trinajstić information content (AvgIpc) is 2.82. The van der Waals surface area contributed by atoms with E-state index in [-0.39, 0.29) is 0 Å². The van der Waals surface area contributed by atoms with Gasteiger partial charge in [-0.3, -0.25) is 14.4 Å². The molecule has 4 rings (SSSR count). The topological polar surface area (TPSA) is 47.2 Å². The van der Waals surface area contributed by atoms with Crippen molar-refractivity contribution in [2.75, 3.05) is 0 Å². The van der Waals surface area contributed by atoms with E-state index >= 15 is 0 Å².